The van der Waals surface area contributed by atoms with Crippen LogP contribution in [0.1, 0.15) is 34.3 Å². The summed E-state index contributed by atoms with van der Waals surface area (Å²) in [4.78, 5) is 51.3. The Kier molecular flexibility index (Phi) is 6.56. The summed E-state index contributed by atoms with van der Waals surface area (Å²) < 4.78 is 0. The Morgan fingerprint density at radius 2 is 2.04 bits per heavy atom. The fourth-order valence-electron chi connectivity index (χ4n) is 3.35. The number of likely N-dealkylation sites (N-methyl/N-ethyl adjacent to an activating group) is 1. The van der Waals surface area contributed by atoms with E-state index < -0.39 is 11.9 Å². The second-order valence-corrected chi connectivity index (χ2v) is 6.86. The van der Waals surface area contributed by atoms with Crippen LogP contribution in [-0.2, 0) is 27.5 Å². The maximum atomic E-state index is 12.7. The number of imide groups is 1. The van der Waals surface area contributed by atoms with Gasteiger partial charge >= 0.3 is 0 Å². The predicted molar refractivity (Wildman–Crippen MR) is 100 cm³/mol. The van der Waals surface area contributed by atoms with Gasteiger partial charge in [-0.15, -0.1) is 12.4 Å². The topological polar surface area (TPSA) is 98.8 Å². The van der Waals surface area contributed by atoms with E-state index in [0.717, 1.165) is 11.1 Å². The Labute approximate surface area is 163 Å². The number of fused-ring (bicyclic) bond motifs is 1. The Morgan fingerprint density at radius 1 is 1.30 bits per heavy atom. The summed E-state index contributed by atoms with van der Waals surface area (Å²) in [5.74, 6) is -1.04. The summed E-state index contributed by atoms with van der Waals surface area (Å²) in [6.45, 7) is 0.919. The van der Waals surface area contributed by atoms with Crippen molar-refractivity contribution in [1.82, 2.24) is 20.4 Å². The summed E-state index contributed by atoms with van der Waals surface area (Å²) in [7, 11) is 3.63. The van der Waals surface area contributed by atoms with E-state index in [2.05, 4.69) is 10.6 Å². The molecule has 2 aliphatic rings. The predicted octanol–water partition coefficient (Wildman–Crippen LogP) is 0.0472. The van der Waals surface area contributed by atoms with Crippen LogP contribution in [0.4, 0.5) is 0 Å². The number of hydrogen-bond donors (Lipinski definition) is 2. The van der Waals surface area contributed by atoms with Crippen LogP contribution in [0.15, 0.2) is 18.2 Å². The van der Waals surface area contributed by atoms with E-state index in [9.17, 15) is 19.2 Å². The maximum Gasteiger partial charge on any atom is 0.255 e. The number of benzene rings is 1. The molecule has 0 saturated carbocycles. The van der Waals surface area contributed by atoms with Gasteiger partial charge in [-0.1, -0.05) is 12.1 Å². The van der Waals surface area contributed by atoms with Crippen molar-refractivity contribution in [3.63, 3.8) is 0 Å². The number of halogens is 1. The van der Waals surface area contributed by atoms with Crippen molar-refractivity contribution in [2.45, 2.75) is 32.0 Å². The molecule has 27 heavy (non-hydrogen) atoms. The first-order chi connectivity index (χ1) is 12.4. The highest BCUT2D eigenvalue weighted by Crippen LogP contribution is 2.29. The highest BCUT2D eigenvalue weighted by molar-refractivity contribution is 6.05. The van der Waals surface area contributed by atoms with Gasteiger partial charge in [0.2, 0.25) is 17.7 Å². The lowest BCUT2D eigenvalue weighted by Crippen LogP contribution is -2.52. The van der Waals surface area contributed by atoms with Crippen molar-refractivity contribution < 1.29 is 19.2 Å². The first kappa shape index (κ1) is 20.9. The number of hydrogen-bond acceptors (Lipinski definition) is 5. The van der Waals surface area contributed by atoms with Crippen molar-refractivity contribution in [3.8, 4) is 0 Å². The quantitative estimate of drug-likeness (QED) is 0.687. The van der Waals surface area contributed by atoms with E-state index in [1.54, 1.807) is 17.0 Å². The van der Waals surface area contributed by atoms with Gasteiger partial charge in [0.1, 0.15) is 6.04 Å². The second-order valence-electron chi connectivity index (χ2n) is 6.86. The Hall–Kier alpha value is -2.45. The number of amides is 4. The first-order valence-corrected chi connectivity index (χ1v) is 8.53. The van der Waals surface area contributed by atoms with Gasteiger partial charge in [-0.05, 0) is 37.7 Å². The van der Waals surface area contributed by atoms with Gasteiger partial charge in [0.25, 0.3) is 5.91 Å². The molecule has 2 N–H and O–H groups in total. The monoisotopic (exact) mass is 394 g/mol. The van der Waals surface area contributed by atoms with Gasteiger partial charge in [0, 0.05) is 25.1 Å². The van der Waals surface area contributed by atoms with E-state index in [-0.39, 0.29) is 43.1 Å². The SMILES string of the molecule is CN(C)CC(=O)NCc1cccc2c1CN(C1CCC(=O)NC1=O)C2=O.Cl. The van der Waals surface area contributed by atoms with Gasteiger partial charge in [-0.2, -0.15) is 0 Å². The number of piperidine rings is 1. The molecule has 2 heterocycles. The summed E-state index contributed by atoms with van der Waals surface area (Å²) >= 11 is 0. The molecular formula is C18H23ClN4O4. The molecule has 2 aliphatic heterocycles. The first-order valence-electron chi connectivity index (χ1n) is 8.53. The normalized spacial score (nSPS) is 18.9. The number of nitrogens with one attached hydrogen (secondary N) is 2. The molecule has 0 radical (unpaired) electrons. The number of rotatable bonds is 5. The van der Waals surface area contributed by atoms with Gasteiger partial charge in [-0.25, -0.2) is 0 Å². The highest BCUT2D eigenvalue weighted by atomic mass is 35.5. The zero-order chi connectivity index (χ0) is 18.8. The van der Waals surface area contributed by atoms with Crippen molar-refractivity contribution in [2.24, 2.45) is 0 Å². The molecule has 9 heteroatoms. The summed E-state index contributed by atoms with van der Waals surface area (Å²) in [6, 6.07) is 4.74. The van der Waals surface area contributed by atoms with Crippen molar-refractivity contribution in [2.75, 3.05) is 20.6 Å². The van der Waals surface area contributed by atoms with Crippen molar-refractivity contribution in [1.29, 1.82) is 0 Å². The summed E-state index contributed by atoms with van der Waals surface area (Å²) in [5, 5.41) is 5.14. The lowest BCUT2D eigenvalue weighted by atomic mass is 10.0. The lowest BCUT2D eigenvalue weighted by Gasteiger charge is -2.29. The molecule has 1 unspecified atom stereocenters. The molecule has 1 fully saturated rings. The number of carbonyl (C=O) groups excluding carboxylic acids is 4. The van der Waals surface area contributed by atoms with Gasteiger partial charge in [-0.3, -0.25) is 24.5 Å². The minimum Gasteiger partial charge on any atom is -0.351 e. The molecule has 146 valence electrons. The average molecular weight is 395 g/mol. The van der Waals surface area contributed by atoms with Crippen molar-refractivity contribution in [3.05, 3.63) is 34.9 Å². The molecule has 0 aromatic heterocycles. The zero-order valence-corrected chi connectivity index (χ0v) is 16.1. The molecular weight excluding hydrogens is 372 g/mol. The molecule has 0 spiro atoms. The average Bonchev–Trinajstić information content (AvgIpc) is 2.90. The number of carbonyl (C=O) groups is 4. The Balaban J connectivity index is 0.00000261. The minimum atomic E-state index is -0.635. The third-order valence-electron chi connectivity index (χ3n) is 4.61. The Bertz CT molecular complexity index is 781. The molecule has 4 amide bonds. The summed E-state index contributed by atoms with van der Waals surface area (Å²) in [5.41, 5.74) is 2.24. The molecule has 1 atom stereocenters. The van der Waals surface area contributed by atoms with Crippen LogP contribution in [-0.4, -0.2) is 60.1 Å². The number of nitrogens with zero attached hydrogens (tertiary/aromatic N) is 2. The standard InChI is InChI=1S/C18H22N4O4.ClH/c1-21(2)10-16(24)19-8-11-4-3-5-12-13(11)9-22(18(12)26)14-6-7-15(23)20-17(14)25;/h3-5,14H,6-10H2,1-2H3,(H,19,24)(H,20,23,25);1H. The fourth-order valence-corrected chi connectivity index (χ4v) is 3.35. The van der Waals surface area contributed by atoms with E-state index in [1.807, 2.05) is 20.2 Å². The largest absolute Gasteiger partial charge is 0.351 e. The van der Waals surface area contributed by atoms with E-state index in [4.69, 9.17) is 0 Å². The molecule has 0 aliphatic carbocycles. The van der Waals surface area contributed by atoms with Crippen molar-refractivity contribution >= 4 is 36.0 Å². The highest BCUT2D eigenvalue weighted by Gasteiger charge is 2.39. The molecule has 1 aromatic carbocycles. The fraction of sp³-hybridized carbons (Fsp3) is 0.444. The van der Waals surface area contributed by atoms with Crippen LogP contribution >= 0.6 is 12.4 Å². The van der Waals surface area contributed by atoms with Crippen LogP contribution in [0, 0.1) is 0 Å². The zero-order valence-electron chi connectivity index (χ0n) is 15.3. The molecule has 3 rings (SSSR count). The van der Waals surface area contributed by atoms with Crippen LogP contribution in [0.5, 0.6) is 0 Å². The van der Waals surface area contributed by atoms with Gasteiger partial charge < -0.3 is 15.1 Å². The van der Waals surface area contributed by atoms with E-state index >= 15 is 0 Å². The third-order valence-corrected chi connectivity index (χ3v) is 4.61. The molecule has 0 bridgehead atoms. The van der Waals surface area contributed by atoms with Crippen LogP contribution < -0.4 is 10.6 Å². The van der Waals surface area contributed by atoms with Crippen LogP contribution in [0.3, 0.4) is 0 Å². The van der Waals surface area contributed by atoms with Crippen LogP contribution in [0.2, 0.25) is 0 Å². The second kappa shape index (κ2) is 8.49. The van der Waals surface area contributed by atoms with Crippen LogP contribution in [0.25, 0.3) is 0 Å². The maximum absolute atomic E-state index is 12.7. The molecule has 8 nitrogen and oxygen atoms in total. The minimum absolute atomic E-state index is 0. The Morgan fingerprint density at radius 3 is 2.70 bits per heavy atom. The smallest absolute Gasteiger partial charge is 0.255 e. The van der Waals surface area contributed by atoms with Gasteiger partial charge in [0.15, 0.2) is 0 Å². The molecule has 1 saturated heterocycles. The molecule has 1 aromatic rings. The van der Waals surface area contributed by atoms with E-state index in [0.29, 0.717) is 25.1 Å². The van der Waals surface area contributed by atoms with Gasteiger partial charge in [0.05, 0.1) is 6.54 Å². The summed E-state index contributed by atoms with van der Waals surface area (Å²) in [6.07, 6.45) is 0.559. The van der Waals surface area contributed by atoms with E-state index in [1.165, 1.54) is 4.90 Å². The third kappa shape index (κ3) is 4.45. The lowest BCUT2D eigenvalue weighted by molar-refractivity contribution is -0.137.